The lowest BCUT2D eigenvalue weighted by Crippen LogP contribution is -2.38. The Balaban J connectivity index is 2.11. The summed E-state index contributed by atoms with van der Waals surface area (Å²) in [6.45, 7) is 10.6. The number of nitrogens with zero attached hydrogens (tertiary/aromatic N) is 2. The predicted molar refractivity (Wildman–Crippen MR) is 114 cm³/mol. The number of carbonyl (C=O) groups excluding carboxylic acids is 2. The van der Waals surface area contributed by atoms with Crippen molar-refractivity contribution in [3.8, 4) is 0 Å². The van der Waals surface area contributed by atoms with Crippen LogP contribution in [0.1, 0.15) is 84.6 Å². The fraction of sp³-hybridized carbons (Fsp3) is 0.810. The van der Waals surface area contributed by atoms with E-state index in [0.717, 1.165) is 43.5 Å². The van der Waals surface area contributed by atoms with E-state index in [1.165, 1.54) is 11.3 Å². The first kappa shape index (κ1) is 23.7. The van der Waals surface area contributed by atoms with E-state index in [4.69, 9.17) is 9.47 Å². The van der Waals surface area contributed by atoms with Gasteiger partial charge in [-0.3, -0.25) is 9.59 Å². The molecule has 8 heteroatoms. The molecule has 1 N–H and O–H groups in total. The number of anilines is 1. The van der Waals surface area contributed by atoms with Gasteiger partial charge in [0.25, 0.3) is 0 Å². The van der Waals surface area contributed by atoms with Crippen molar-refractivity contribution in [3.05, 3.63) is 5.01 Å². The van der Waals surface area contributed by atoms with Crippen molar-refractivity contribution in [1.82, 2.24) is 10.2 Å². The molecule has 0 bridgehead atoms. The second-order valence-corrected chi connectivity index (χ2v) is 9.86. The molecule has 0 radical (unpaired) electrons. The summed E-state index contributed by atoms with van der Waals surface area (Å²) in [5.41, 5.74) is -1.08. The third-order valence-corrected chi connectivity index (χ3v) is 5.99. The average molecular weight is 426 g/mol. The van der Waals surface area contributed by atoms with Crippen molar-refractivity contribution in [3.63, 3.8) is 0 Å². The first-order valence-electron chi connectivity index (χ1n) is 10.6. The van der Waals surface area contributed by atoms with E-state index < -0.39 is 11.0 Å². The standard InChI is InChI=1S/C21H35N3O4S/c1-6-10-15(17(25)28-20(3,4)5)13-21(11-8-9-12-21)18(26)22-19-24-23-16(29-19)14-27-7-2/h15H,6-14H2,1-5H3,(H,22,24,26)/t15-/m1/s1. The largest absolute Gasteiger partial charge is 0.460 e. The van der Waals surface area contributed by atoms with E-state index in [-0.39, 0.29) is 17.8 Å². The maximum atomic E-state index is 13.3. The number of hydrogen-bond acceptors (Lipinski definition) is 7. The highest BCUT2D eigenvalue weighted by atomic mass is 32.1. The van der Waals surface area contributed by atoms with Gasteiger partial charge in [-0.2, -0.15) is 0 Å². The molecule has 1 aliphatic rings. The second-order valence-electron chi connectivity index (χ2n) is 8.80. The van der Waals surface area contributed by atoms with Gasteiger partial charge in [0, 0.05) is 6.61 Å². The molecule has 1 amide bonds. The average Bonchev–Trinajstić information content (AvgIpc) is 3.28. The van der Waals surface area contributed by atoms with Crippen LogP contribution in [0.25, 0.3) is 0 Å². The molecule has 0 saturated heterocycles. The van der Waals surface area contributed by atoms with E-state index in [9.17, 15) is 9.59 Å². The summed E-state index contributed by atoms with van der Waals surface area (Å²) in [4.78, 5) is 26.0. The number of rotatable bonds is 10. The Hall–Kier alpha value is -1.54. The van der Waals surface area contributed by atoms with Crippen molar-refractivity contribution in [2.45, 2.75) is 91.8 Å². The zero-order valence-electron chi connectivity index (χ0n) is 18.4. The van der Waals surface area contributed by atoms with Crippen LogP contribution in [0.4, 0.5) is 5.13 Å². The summed E-state index contributed by atoms with van der Waals surface area (Å²) in [6, 6.07) is 0. The van der Waals surface area contributed by atoms with Crippen LogP contribution in [0.15, 0.2) is 0 Å². The molecule has 1 fully saturated rings. The number of hydrogen-bond donors (Lipinski definition) is 1. The summed E-state index contributed by atoms with van der Waals surface area (Å²) in [6.07, 6.45) is 5.67. The fourth-order valence-corrected chi connectivity index (χ4v) is 4.54. The SMILES string of the molecule is CCC[C@H](CC1(C(=O)Nc2nnc(COCC)s2)CCCC1)C(=O)OC(C)(C)C. The van der Waals surface area contributed by atoms with Crippen LogP contribution in [-0.4, -0.2) is 34.3 Å². The summed E-state index contributed by atoms with van der Waals surface area (Å²) in [5, 5.41) is 12.3. The molecule has 0 aromatic carbocycles. The summed E-state index contributed by atoms with van der Waals surface area (Å²) in [5.74, 6) is -0.530. The van der Waals surface area contributed by atoms with Crippen LogP contribution < -0.4 is 5.32 Å². The van der Waals surface area contributed by atoms with Crippen molar-refractivity contribution in [1.29, 1.82) is 0 Å². The lowest BCUT2D eigenvalue weighted by molar-refractivity contribution is -0.161. The highest BCUT2D eigenvalue weighted by Gasteiger charge is 2.44. The van der Waals surface area contributed by atoms with E-state index in [1.807, 2.05) is 27.7 Å². The normalized spacial score (nSPS) is 17.1. The van der Waals surface area contributed by atoms with Crippen LogP contribution >= 0.6 is 11.3 Å². The molecule has 1 atom stereocenters. The van der Waals surface area contributed by atoms with Gasteiger partial charge in [-0.25, -0.2) is 0 Å². The van der Waals surface area contributed by atoms with Crippen molar-refractivity contribution in [2.75, 3.05) is 11.9 Å². The Morgan fingerprint density at radius 2 is 1.90 bits per heavy atom. The molecule has 0 spiro atoms. The Bertz CT molecular complexity index is 678. The van der Waals surface area contributed by atoms with E-state index >= 15 is 0 Å². The number of ether oxygens (including phenoxy) is 2. The molecule has 1 aromatic heterocycles. The molecule has 1 aliphatic carbocycles. The van der Waals surface area contributed by atoms with Crippen LogP contribution in [0, 0.1) is 11.3 Å². The third kappa shape index (κ3) is 7.03. The minimum atomic E-state index is -0.553. The first-order chi connectivity index (χ1) is 13.7. The van der Waals surface area contributed by atoms with E-state index in [1.54, 1.807) is 0 Å². The smallest absolute Gasteiger partial charge is 0.309 e. The number of amides is 1. The van der Waals surface area contributed by atoms with Gasteiger partial charge >= 0.3 is 5.97 Å². The van der Waals surface area contributed by atoms with Crippen molar-refractivity contribution in [2.24, 2.45) is 11.3 Å². The Kier molecular flexibility index (Phi) is 8.58. The summed E-state index contributed by atoms with van der Waals surface area (Å²) in [7, 11) is 0. The number of aromatic nitrogens is 2. The molecule has 0 unspecified atom stereocenters. The van der Waals surface area contributed by atoms with Gasteiger partial charge in [-0.05, 0) is 53.4 Å². The van der Waals surface area contributed by atoms with Crippen molar-refractivity contribution < 1.29 is 19.1 Å². The van der Waals surface area contributed by atoms with Crippen LogP contribution in [0.5, 0.6) is 0 Å². The van der Waals surface area contributed by atoms with Gasteiger partial charge in [-0.15, -0.1) is 10.2 Å². The molecule has 164 valence electrons. The van der Waals surface area contributed by atoms with E-state index in [2.05, 4.69) is 22.4 Å². The van der Waals surface area contributed by atoms with Gasteiger partial charge in [0.05, 0.1) is 11.3 Å². The zero-order chi connectivity index (χ0) is 21.5. The van der Waals surface area contributed by atoms with Gasteiger partial charge < -0.3 is 14.8 Å². The van der Waals surface area contributed by atoms with Gasteiger partial charge in [0.15, 0.2) is 0 Å². The maximum absolute atomic E-state index is 13.3. The molecule has 1 aromatic rings. The fourth-order valence-electron chi connectivity index (χ4n) is 3.87. The second kappa shape index (κ2) is 10.5. The Morgan fingerprint density at radius 1 is 1.21 bits per heavy atom. The quantitative estimate of drug-likeness (QED) is 0.545. The molecule has 29 heavy (non-hydrogen) atoms. The summed E-state index contributed by atoms with van der Waals surface area (Å²) < 4.78 is 11.0. The number of esters is 1. The monoisotopic (exact) mass is 425 g/mol. The van der Waals surface area contributed by atoms with Gasteiger partial charge in [-0.1, -0.05) is 37.5 Å². The summed E-state index contributed by atoms with van der Waals surface area (Å²) >= 11 is 1.33. The zero-order valence-corrected chi connectivity index (χ0v) is 19.2. The molecule has 1 heterocycles. The number of nitrogens with one attached hydrogen (secondary N) is 1. The van der Waals surface area contributed by atoms with Gasteiger partial charge in [0.2, 0.25) is 11.0 Å². The molecular formula is C21H35N3O4S. The molecule has 0 aliphatic heterocycles. The van der Waals surface area contributed by atoms with Crippen LogP contribution in [0.3, 0.4) is 0 Å². The predicted octanol–water partition coefficient (Wildman–Crippen LogP) is 4.72. The maximum Gasteiger partial charge on any atom is 0.309 e. The Labute approximate surface area is 178 Å². The molecule has 1 saturated carbocycles. The Morgan fingerprint density at radius 3 is 2.48 bits per heavy atom. The van der Waals surface area contributed by atoms with E-state index in [0.29, 0.717) is 24.8 Å². The lowest BCUT2D eigenvalue weighted by Gasteiger charge is -2.32. The van der Waals surface area contributed by atoms with Crippen molar-refractivity contribution >= 4 is 28.3 Å². The first-order valence-corrected chi connectivity index (χ1v) is 11.4. The van der Waals surface area contributed by atoms with Crippen LogP contribution in [0.2, 0.25) is 0 Å². The molecular weight excluding hydrogens is 390 g/mol. The molecule has 7 nitrogen and oxygen atoms in total. The van der Waals surface area contributed by atoms with Crippen LogP contribution in [-0.2, 0) is 25.7 Å². The topological polar surface area (TPSA) is 90.4 Å². The highest BCUT2D eigenvalue weighted by Crippen LogP contribution is 2.45. The third-order valence-electron chi connectivity index (χ3n) is 5.17. The minimum absolute atomic E-state index is 0.0567. The number of carbonyl (C=O) groups is 2. The lowest BCUT2D eigenvalue weighted by atomic mass is 9.75. The highest BCUT2D eigenvalue weighted by molar-refractivity contribution is 7.15. The molecule has 2 rings (SSSR count). The minimum Gasteiger partial charge on any atom is -0.460 e. The van der Waals surface area contributed by atoms with Gasteiger partial charge in [0.1, 0.15) is 17.2 Å².